The van der Waals surface area contributed by atoms with E-state index in [1.807, 2.05) is 16.4 Å². The van der Waals surface area contributed by atoms with Crippen LogP contribution < -0.4 is 15.6 Å². The van der Waals surface area contributed by atoms with E-state index < -0.39 is 17.2 Å². The van der Waals surface area contributed by atoms with Gasteiger partial charge in [-0.2, -0.15) is 0 Å². The van der Waals surface area contributed by atoms with Crippen LogP contribution >= 0.6 is 0 Å². The van der Waals surface area contributed by atoms with Crippen LogP contribution in [-0.4, -0.2) is 41.3 Å². The average molecular weight is 345 g/mol. The van der Waals surface area contributed by atoms with Crippen molar-refractivity contribution in [3.63, 3.8) is 0 Å². The van der Waals surface area contributed by atoms with Crippen molar-refractivity contribution in [1.29, 1.82) is 0 Å². The van der Waals surface area contributed by atoms with E-state index in [0.717, 1.165) is 12.1 Å². The Labute approximate surface area is 143 Å². The first-order valence-corrected chi connectivity index (χ1v) is 8.50. The highest BCUT2D eigenvalue weighted by Gasteiger charge is 2.31. The van der Waals surface area contributed by atoms with E-state index in [-0.39, 0.29) is 23.0 Å². The highest BCUT2D eigenvalue weighted by molar-refractivity contribution is 5.96. The number of hydrogen-bond acceptors (Lipinski definition) is 4. The van der Waals surface area contributed by atoms with E-state index in [4.69, 9.17) is 0 Å². The number of benzene rings is 1. The molecule has 1 fully saturated rings. The van der Waals surface area contributed by atoms with Crippen molar-refractivity contribution >= 4 is 22.6 Å². The van der Waals surface area contributed by atoms with Crippen LogP contribution in [0.25, 0.3) is 10.9 Å². The Morgan fingerprint density at radius 1 is 1.40 bits per heavy atom. The summed E-state index contributed by atoms with van der Waals surface area (Å²) in [6, 6.07) is 1.45. The smallest absolute Gasteiger partial charge is 0.341 e. The Morgan fingerprint density at radius 2 is 2.16 bits per heavy atom. The van der Waals surface area contributed by atoms with Gasteiger partial charge in [-0.25, -0.2) is 9.18 Å². The minimum absolute atomic E-state index is 0.0166. The maximum absolute atomic E-state index is 15.0. The van der Waals surface area contributed by atoms with E-state index in [0.29, 0.717) is 30.7 Å². The zero-order valence-electron chi connectivity index (χ0n) is 14.2. The van der Waals surface area contributed by atoms with Gasteiger partial charge in [0.05, 0.1) is 11.2 Å². The van der Waals surface area contributed by atoms with E-state index in [1.165, 1.54) is 12.3 Å². The maximum atomic E-state index is 15.0. The molecule has 6 nitrogen and oxygen atoms in total. The summed E-state index contributed by atoms with van der Waals surface area (Å²) < 4.78 is 16.8. The molecule has 0 saturated carbocycles. The molecule has 0 aliphatic carbocycles. The zero-order chi connectivity index (χ0) is 17.9. The van der Waals surface area contributed by atoms with Gasteiger partial charge in [-0.1, -0.05) is 0 Å². The average Bonchev–Trinajstić information content (AvgIpc) is 2.87. The zero-order valence-corrected chi connectivity index (χ0v) is 14.2. The third-order valence-corrected chi connectivity index (χ3v) is 5.23. The lowest BCUT2D eigenvalue weighted by atomic mass is 10.0. The Morgan fingerprint density at radius 3 is 2.84 bits per heavy atom. The second-order valence-corrected chi connectivity index (χ2v) is 7.02. The summed E-state index contributed by atoms with van der Waals surface area (Å²) in [5.74, 6) is -1.73. The van der Waals surface area contributed by atoms with Gasteiger partial charge in [-0.05, 0) is 26.3 Å². The number of aromatic nitrogens is 1. The van der Waals surface area contributed by atoms with Gasteiger partial charge in [0.25, 0.3) is 0 Å². The molecule has 25 heavy (non-hydrogen) atoms. The van der Waals surface area contributed by atoms with Crippen molar-refractivity contribution in [3.05, 3.63) is 39.4 Å². The molecule has 2 atom stereocenters. The molecule has 0 spiro atoms. The molecule has 1 saturated heterocycles. The van der Waals surface area contributed by atoms with Crippen LogP contribution in [0.15, 0.2) is 17.1 Å². The van der Waals surface area contributed by atoms with Gasteiger partial charge in [0.2, 0.25) is 5.43 Å². The number of nitrogens with zero attached hydrogens (tertiary/aromatic N) is 2. The summed E-state index contributed by atoms with van der Waals surface area (Å²) in [5.41, 5.74) is 1.11. The highest BCUT2D eigenvalue weighted by atomic mass is 19.1. The summed E-state index contributed by atoms with van der Waals surface area (Å²) in [4.78, 5) is 25.9. The number of carboxylic acids is 1. The van der Waals surface area contributed by atoms with Crippen LogP contribution in [0.4, 0.5) is 10.1 Å². The van der Waals surface area contributed by atoms with Crippen LogP contribution in [0.2, 0.25) is 0 Å². The molecule has 2 aliphatic heterocycles. The predicted molar refractivity (Wildman–Crippen MR) is 93.2 cm³/mol. The largest absolute Gasteiger partial charge is 0.477 e. The van der Waals surface area contributed by atoms with Gasteiger partial charge >= 0.3 is 5.97 Å². The molecular weight excluding hydrogens is 325 g/mol. The van der Waals surface area contributed by atoms with Crippen molar-refractivity contribution in [2.24, 2.45) is 0 Å². The quantitative estimate of drug-likeness (QED) is 0.867. The number of rotatable bonds is 2. The first-order valence-electron chi connectivity index (χ1n) is 8.50. The molecular formula is C18H20FN3O3. The molecule has 2 aromatic rings. The Kier molecular flexibility index (Phi) is 3.57. The second-order valence-electron chi connectivity index (χ2n) is 7.02. The lowest BCUT2D eigenvalue weighted by Crippen LogP contribution is -2.49. The first-order chi connectivity index (χ1) is 11.9. The first kappa shape index (κ1) is 16.1. The van der Waals surface area contributed by atoms with Crippen LogP contribution in [0.1, 0.15) is 35.8 Å². The number of pyridine rings is 1. The topological polar surface area (TPSA) is 74.6 Å². The van der Waals surface area contributed by atoms with Gasteiger partial charge in [0, 0.05) is 48.9 Å². The highest BCUT2D eigenvalue weighted by Crippen LogP contribution is 2.39. The molecule has 2 aliphatic rings. The lowest BCUT2D eigenvalue weighted by Gasteiger charge is -2.35. The Bertz CT molecular complexity index is 953. The fourth-order valence-electron chi connectivity index (χ4n) is 4.12. The number of nitrogens with one attached hydrogen (secondary N) is 1. The monoisotopic (exact) mass is 345 g/mol. The van der Waals surface area contributed by atoms with Gasteiger partial charge < -0.3 is 19.9 Å². The van der Waals surface area contributed by atoms with Crippen molar-refractivity contribution in [3.8, 4) is 0 Å². The molecule has 7 heteroatoms. The third kappa shape index (κ3) is 2.33. The van der Waals surface area contributed by atoms with E-state index in [9.17, 15) is 19.1 Å². The number of anilines is 1. The normalized spacial score (nSPS) is 22.6. The summed E-state index contributed by atoms with van der Waals surface area (Å²) in [6.45, 7) is 6.19. The van der Waals surface area contributed by atoms with Crippen LogP contribution in [-0.2, 0) is 6.42 Å². The second kappa shape index (κ2) is 5.56. The van der Waals surface area contributed by atoms with Crippen molar-refractivity contribution < 1.29 is 14.3 Å². The van der Waals surface area contributed by atoms with Gasteiger partial charge in [-0.3, -0.25) is 4.79 Å². The molecule has 0 unspecified atom stereocenters. The molecule has 132 valence electrons. The lowest BCUT2D eigenvalue weighted by molar-refractivity contribution is 0.0694. The molecule has 1 aromatic carbocycles. The molecule has 4 rings (SSSR count). The number of halogens is 1. The maximum Gasteiger partial charge on any atom is 0.341 e. The SMILES string of the molecule is C[C@H]1CN(c2c(F)cc3c(=O)c(C(=O)O)cn4c3c2C[C@@H]4C)CCN1. The molecule has 3 heterocycles. The van der Waals surface area contributed by atoms with Crippen LogP contribution in [0.3, 0.4) is 0 Å². The van der Waals surface area contributed by atoms with Crippen molar-refractivity contribution in [2.75, 3.05) is 24.5 Å². The molecule has 0 amide bonds. The fraction of sp³-hybridized carbons (Fsp3) is 0.444. The van der Waals surface area contributed by atoms with Crippen molar-refractivity contribution in [2.45, 2.75) is 32.4 Å². The molecule has 0 bridgehead atoms. The van der Waals surface area contributed by atoms with Gasteiger partial charge in [-0.15, -0.1) is 0 Å². The number of aromatic carboxylic acids is 1. The summed E-state index contributed by atoms with van der Waals surface area (Å²) >= 11 is 0. The fourth-order valence-corrected chi connectivity index (χ4v) is 4.12. The predicted octanol–water partition coefficient (Wildman–Crippen LogP) is 1.75. The van der Waals surface area contributed by atoms with E-state index >= 15 is 0 Å². The molecule has 2 N–H and O–H groups in total. The minimum Gasteiger partial charge on any atom is -0.477 e. The Balaban J connectivity index is 2.00. The molecule has 0 radical (unpaired) electrons. The number of carbonyl (C=O) groups is 1. The summed E-state index contributed by atoms with van der Waals surface area (Å²) in [7, 11) is 0. The standard InChI is InChI=1S/C18H20FN3O3/c1-9-7-21(4-3-20-9)16-11-5-10(2)22-8-13(18(24)25)17(23)12(15(11)22)6-14(16)19/h6,8-10,20H,3-5,7H2,1-2H3,(H,24,25)/t9-,10-/m0/s1. The summed E-state index contributed by atoms with van der Waals surface area (Å²) in [5, 5.41) is 12.8. The van der Waals surface area contributed by atoms with E-state index in [2.05, 4.69) is 12.2 Å². The van der Waals surface area contributed by atoms with Crippen LogP contribution in [0, 0.1) is 5.82 Å². The van der Waals surface area contributed by atoms with Gasteiger partial charge in [0.1, 0.15) is 11.4 Å². The number of carboxylic acid groups (broad SMARTS) is 1. The van der Waals surface area contributed by atoms with E-state index in [1.54, 1.807) is 0 Å². The summed E-state index contributed by atoms with van der Waals surface area (Å²) in [6.07, 6.45) is 1.99. The Hall–Kier alpha value is -2.41. The molecule has 1 aromatic heterocycles. The number of hydrogen-bond donors (Lipinski definition) is 2. The van der Waals surface area contributed by atoms with Gasteiger partial charge in [0.15, 0.2) is 0 Å². The minimum atomic E-state index is -1.28. The third-order valence-electron chi connectivity index (χ3n) is 5.23. The van der Waals surface area contributed by atoms with Crippen LogP contribution in [0.5, 0.6) is 0 Å². The number of piperazine rings is 1. The van der Waals surface area contributed by atoms with Crippen molar-refractivity contribution in [1.82, 2.24) is 9.88 Å².